The van der Waals surface area contributed by atoms with Gasteiger partial charge in [-0.05, 0) is 71.3 Å². The third kappa shape index (κ3) is 6.67. The number of ether oxygens (including phenoxy) is 2. The molecule has 7 nitrogen and oxygen atoms in total. The van der Waals surface area contributed by atoms with Crippen LogP contribution in [0, 0.1) is 5.92 Å². The predicted octanol–water partition coefficient (Wildman–Crippen LogP) is 6.59. The van der Waals surface area contributed by atoms with E-state index in [1.54, 1.807) is 30.6 Å². The lowest BCUT2D eigenvalue weighted by atomic mass is 10.1. The maximum absolute atomic E-state index is 13.3. The molecule has 1 aromatic heterocycles. The Morgan fingerprint density at radius 1 is 1.11 bits per heavy atom. The molecule has 0 radical (unpaired) electrons. The molecule has 36 heavy (non-hydrogen) atoms. The lowest BCUT2D eigenvalue weighted by Crippen LogP contribution is -2.28. The summed E-state index contributed by atoms with van der Waals surface area (Å²) in [6.45, 7) is 5.02. The van der Waals surface area contributed by atoms with Crippen molar-refractivity contribution in [2.24, 2.45) is 16.1 Å². The second kappa shape index (κ2) is 12.1. The van der Waals surface area contributed by atoms with Crippen LogP contribution in [0.3, 0.4) is 0 Å². The molecular weight excluding hydrogens is 542 g/mol. The predicted molar refractivity (Wildman–Crippen MR) is 147 cm³/mol. The van der Waals surface area contributed by atoms with E-state index in [1.165, 1.54) is 11.8 Å². The minimum atomic E-state index is -0.174. The number of rotatable bonds is 9. The summed E-state index contributed by atoms with van der Waals surface area (Å²) in [6, 6.07) is 16.9. The molecule has 0 spiro atoms. The number of furan rings is 1. The van der Waals surface area contributed by atoms with E-state index in [2.05, 4.69) is 40.0 Å². The van der Waals surface area contributed by atoms with Gasteiger partial charge in [-0.3, -0.25) is 9.69 Å². The van der Waals surface area contributed by atoms with E-state index >= 15 is 0 Å². The first-order chi connectivity index (χ1) is 17.4. The Labute approximate surface area is 223 Å². The van der Waals surface area contributed by atoms with Gasteiger partial charge in [0.15, 0.2) is 16.7 Å². The molecule has 0 aliphatic carbocycles. The van der Waals surface area contributed by atoms with E-state index < -0.39 is 0 Å². The van der Waals surface area contributed by atoms with Crippen LogP contribution in [0.15, 0.2) is 84.9 Å². The fourth-order valence-corrected chi connectivity index (χ4v) is 4.67. The maximum atomic E-state index is 13.3. The van der Waals surface area contributed by atoms with Crippen LogP contribution >= 0.6 is 27.7 Å². The van der Waals surface area contributed by atoms with Gasteiger partial charge in [-0.2, -0.15) is 5.10 Å². The highest BCUT2D eigenvalue weighted by Crippen LogP contribution is 2.35. The summed E-state index contributed by atoms with van der Waals surface area (Å²) in [7, 11) is 1.60. The van der Waals surface area contributed by atoms with E-state index in [0.717, 1.165) is 15.6 Å². The van der Waals surface area contributed by atoms with Crippen molar-refractivity contribution >= 4 is 51.1 Å². The van der Waals surface area contributed by atoms with Crippen LogP contribution in [0.5, 0.6) is 11.5 Å². The van der Waals surface area contributed by atoms with Crippen molar-refractivity contribution in [3.8, 4) is 11.5 Å². The smallest absolute Gasteiger partial charge is 0.267 e. The van der Waals surface area contributed by atoms with Crippen LogP contribution < -0.4 is 9.47 Å². The average molecular weight is 568 g/mol. The molecule has 0 atom stereocenters. The van der Waals surface area contributed by atoms with Crippen molar-refractivity contribution in [3.63, 3.8) is 0 Å². The highest BCUT2D eigenvalue weighted by Gasteiger charge is 2.34. The summed E-state index contributed by atoms with van der Waals surface area (Å²) >= 11 is 4.72. The summed E-state index contributed by atoms with van der Waals surface area (Å²) < 4.78 is 17.8. The Bertz CT molecular complexity index is 1300. The first-order valence-corrected chi connectivity index (χ1v) is 12.9. The molecule has 1 amide bonds. The number of methoxy groups -OCH3 is 1. The largest absolute Gasteiger partial charge is 0.493 e. The van der Waals surface area contributed by atoms with Gasteiger partial charge in [-0.25, -0.2) is 0 Å². The number of carbonyl (C=O) groups excluding carboxylic acids is 1. The van der Waals surface area contributed by atoms with E-state index in [-0.39, 0.29) is 12.5 Å². The summed E-state index contributed by atoms with van der Waals surface area (Å²) in [5.41, 5.74) is 1.71. The van der Waals surface area contributed by atoms with Crippen LogP contribution in [0.25, 0.3) is 6.08 Å². The molecule has 0 bridgehead atoms. The molecule has 1 fully saturated rings. The maximum Gasteiger partial charge on any atom is 0.267 e. The van der Waals surface area contributed by atoms with Gasteiger partial charge in [0.25, 0.3) is 5.91 Å². The Morgan fingerprint density at radius 3 is 2.69 bits per heavy atom. The van der Waals surface area contributed by atoms with Crippen molar-refractivity contribution in [3.05, 3.63) is 87.1 Å². The zero-order chi connectivity index (χ0) is 25.5. The first kappa shape index (κ1) is 25.8. The lowest BCUT2D eigenvalue weighted by molar-refractivity contribution is -0.122. The molecule has 1 aliphatic heterocycles. The number of hydrogen-bond acceptors (Lipinski definition) is 7. The zero-order valence-electron chi connectivity index (χ0n) is 20.2. The molecule has 2 aromatic carbocycles. The van der Waals surface area contributed by atoms with Gasteiger partial charge in [-0.15, -0.1) is 5.10 Å². The molecule has 0 unspecified atom stereocenters. The molecular formula is C27H26BrN3O4S. The summed E-state index contributed by atoms with van der Waals surface area (Å²) in [4.78, 5) is 15.4. The van der Waals surface area contributed by atoms with Crippen molar-refractivity contribution in [1.82, 2.24) is 4.90 Å². The quantitative estimate of drug-likeness (QED) is 0.165. The van der Waals surface area contributed by atoms with Crippen molar-refractivity contribution in [1.29, 1.82) is 0 Å². The Morgan fingerprint density at radius 2 is 1.97 bits per heavy atom. The van der Waals surface area contributed by atoms with E-state index in [0.29, 0.717) is 39.9 Å². The lowest BCUT2D eigenvalue weighted by Gasteiger charge is -2.13. The molecule has 4 rings (SSSR count). The standard InChI is InChI=1S/C27H26BrN3O4S/c1-18(2)17-35-23-10-9-19(13-24(23)33-3)14-25-26(32)31(16-22-8-5-11-34-22)27(36-25)30-29-15-20-6-4-7-21(28)12-20/h4-15,18H,16-17H2,1-3H3/b25-14-,29-15-,30-27+. The minimum Gasteiger partial charge on any atom is -0.493 e. The first-order valence-electron chi connectivity index (χ1n) is 11.3. The van der Waals surface area contributed by atoms with Gasteiger partial charge < -0.3 is 13.9 Å². The van der Waals surface area contributed by atoms with Crippen molar-refractivity contribution < 1.29 is 18.7 Å². The third-order valence-corrected chi connectivity index (χ3v) is 6.53. The summed E-state index contributed by atoms with van der Waals surface area (Å²) in [5, 5.41) is 9.05. The highest BCUT2D eigenvalue weighted by atomic mass is 79.9. The van der Waals surface area contributed by atoms with Gasteiger partial charge in [0.1, 0.15) is 5.76 Å². The molecule has 2 heterocycles. The van der Waals surface area contributed by atoms with E-state index in [4.69, 9.17) is 13.9 Å². The SMILES string of the molecule is COc1cc(/C=C2\S/C(=N/N=C\c3cccc(Br)c3)N(Cc3ccco3)C2=O)ccc1OCC(C)C. The number of halogens is 1. The molecule has 186 valence electrons. The molecule has 3 aromatic rings. The number of carbonyl (C=O) groups is 1. The number of amides is 1. The fraction of sp³-hybridized carbons (Fsp3) is 0.222. The van der Waals surface area contributed by atoms with Crippen LogP contribution in [0.2, 0.25) is 0 Å². The van der Waals surface area contributed by atoms with Gasteiger partial charge >= 0.3 is 0 Å². The highest BCUT2D eigenvalue weighted by molar-refractivity contribution is 9.10. The zero-order valence-corrected chi connectivity index (χ0v) is 22.6. The fourth-order valence-electron chi connectivity index (χ4n) is 3.31. The van der Waals surface area contributed by atoms with Crippen LogP contribution in [-0.4, -0.2) is 35.9 Å². The minimum absolute atomic E-state index is 0.174. The molecule has 9 heteroatoms. The van der Waals surface area contributed by atoms with Gasteiger partial charge in [0.2, 0.25) is 0 Å². The summed E-state index contributed by atoms with van der Waals surface area (Å²) in [6.07, 6.45) is 5.05. The molecule has 1 saturated heterocycles. The van der Waals surface area contributed by atoms with E-state index in [9.17, 15) is 4.79 Å². The number of hydrogen-bond donors (Lipinski definition) is 0. The Kier molecular flexibility index (Phi) is 8.66. The van der Waals surface area contributed by atoms with Crippen molar-refractivity contribution in [2.75, 3.05) is 13.7 Å². The normalized spacial score (nSPS) is 16.1. The number of nitrogens with zero attached hydrogens (tertiary/aromatic N) is 3. The van der Waals surface area contributed by atoms with Gasteiger partial charge in [-0.1, -0.05) is 48.0 Å². The van der Waals surface area contributed by atoms with Crippen LogP contribution in [-0.2, 0) is 11.3 Å². The molecule has 0 saturated carbocycles. The number of benzene rings is 2. The Balaban J connectivity index is 1.60. The summed E-state index contributed by atoms with van der Waals surface area (Å²) in [5.74, 6) is 2.16. The number of amidine groups is 1. The van der Waals surface area contributed by atoms with Crippen molar-refractivity contribution in [2.45, 2.75) is 20.4 Å². The second-order valence-corrected chi connectivity index (χ2v) is 10.3. The van der Waals surface area contributed by atoms with E-state index in [1.807, 2.05) is 54.6 Å². The monoisotopic (exact) mass is 567 g/mol. The molecule has 1 aliphatic rings. The second-order valence-electron chi connectivity index (χ2n) is 8.38. The number of thioether (sulfide) groups is 1. The van der Waals surface area contributed by atoms with Crippen LogP contribution in [0.4, 0.5) is 0 Å². The average Bonchev–Trinajstić information content (AvgIpc) is 3.47. The Hall–Kier alpha value is -3.30. The van der Waals surface area contributed by atoms with Gasteiger partial charge in [0, 0.05) is 4.47 Å². The van der Waals surface area contributed by atoms with Gasteiger partial charge in [0.05, 0.1) is 37.6 Å². The third-order valence-electron chi connectivity index (χ3n) is 5.04. The van der Waals surface area contributed by atoms with Crippen LogP contribution in [0.1, 0.15) is 30.7 Å². The molecule has 0 N–H and O–H groups in total. The topological polar surface area (TPSA) is 76.6 Å².